The number of amides is 1. The molecule has 0 bridgehead atoms. The van der Waals surface area contributed by atoms with Crippen molar-refractivity contribution < 1.29 is 4.79 Å². The summed E-state index contributed by atoms with van der Waals surface area (Å²) in [5.41, 5.74) is 4.90. The standard InChI is InChI=1S/C24H23N7O/c1-30-16-22(23(29-30)20-7-2-3-10-26-20)28-24(32)21-9-6-8-19(27-21)17-13-18(15-25-14-17)31-11-4-5-12-31/h2-3,6-10,13-16H,4-5,11-12H2,1H3,(H,28,32). The quantitative estimate of drug-likeness (QED) is 0.523. The van der Waals surface area contributed by atoms with Crippen LogP contribution in [0.5, 0.6) is 0 Å². The second-order valence-corrected chi connectivity index (χ2v) is 7.77. The number of carbonyl (C=O) groups is 1. The van der Waals surface area contributed by atoms with E-state index < -0.39 is 0 Å². The Morgan fingerprint density at radius 2 is 1.88 bits per heavy atom. The maximum absolute atomic E-state index is 13.0. The molecule has 1 amide bonds. The van der Waals surface area contributed by atoms with Crippen molar-refractivity contribution in [2.45, 2.75) is 12.8 Å². The minimum atomic E-state index is -0.305. The van der Waals surface area contributed by atoms with Gasteiger partial charge in [-0.15, -0.1) is 0 Å². The largest absolute Gasteiger partial charge is 0.370 e. The fourth-order valence-electron chi connectivity index (χ4n) is 3.90. The van der Waals surface area contributed by atoms with Gasteiger partial charge in [0, 0.05) is 44.3 Å². The van der Waals surface area contributed by atoms with Crippen LogP contribution in [0.2, 0.25) is 0 Å². The van der Waals surface area contributed by atoms with Gasteiger partial charge in [-0.3, -0.25) is 19.4 Å². The average molecular weight is 425 g/mol. The lowest BCUT2D eigenvalue weighted by atomic mass is 10.1. The van der Waals surface area contributed by atoms with Crippen molar-refractivity contribution in [2.24, 2.45) is 7.05 Å². The zero-order valence-corrected chi connectivity index (χ0v) is 17.8. The van der Waals surface area contributed by atoms with E-state index in [1.165, 1.54) is 12.8 Å². The second kappa shape index (κ2) is 8.58. The van der Waals surface area contributed by atoms with E-state index in [4.69, 9.17) is 0 Å². The molecule has 1 saturated heterocycles. The molecule has 0 radical (unpaired) electrons. The molecule has 5 rings (SSSR count). The lowest BCUT2D eigenvalue weighted by Gasteiger charge is -2.17. The second-order valence-electron chi connectivity index (χ2n) is 7.77. The first-order chi connectivity index (χ1) is 15.7. The number of anilines is 2. The van der Waals surface area contributed by atoms with Crippen molar-refractivity contribution in [2.75, 3.05) is 23.3 Å². The molecule has 160 valence electrons. The first-order valence-corrected chi connectivity index (χ1v) is 10.6. The number of nitrogens with zero attached hydrogens (tertiary/aromatic N) is 6. The Balaban J connectivity index is 1.40. The van der Waals surface area contributed by atoms with Crippen LogP contribution in [0.15, 0.2) is 67.3 Å². The fourth-order valence-corrected chi connectivity index (χ4v) is 3.90. The Morgan fingerprint density at radius 1 is 1.03 bits per heavy atom. The summed E-state index contributed by atoms with van der Waals surface area (Å²) in [5, 5.41) is 7.38. The maximum atomic E-state index is 13.0. The molecule has 0 unspecified atom stereocenters. The summed E-state index contributed by atoms with van der Waals surface area (Å²) in [6.45, 7) is 2.09. The Bertz CT molecular complexity index is 1250. The van der Waals surface area contributed by atoms with Gasteiger partial charge in [0.15, 0.2) is 0 Å². The fraction of sp³-hybridized carbons (Fsp3) is 0.208. The van der Waals surface area contributed by atoms with Gasteiger partial charge < -0.3 is 10.2 Å². The van der Waals surface area contributed by atoms with Gasteiger partial charge in [-0.1, -0.05) is 12.1 Å². The molecule has 1 fully saturated rings. The summed E-state index contributed by atoms with van der Waals surface area (Å²) in [6, 6.07) is 13.1. The lowest BCUT2D eigenvalue weighted by Crippen LogP contribution is -2.17. The van der Waals surface area contributed by atoms with Crippen LogP contribution in [-0.4, -0.2) is 43.7 Å². The van der Waals surface area contributed by atoms with Gasteiger partial charge in [0.05, 0.1) is 29.0 Å². The van der Waals surface area contributed by atoms with Crippen molar-refractivity contribution in [1.29, 1.82) is 0 Å². The topological polar surface area (TPSA) is 88.8 Å². The van der Waals surface area contributed by atoms with E-state index in [0.29, 0.717) is 28.5 Å². The molecule has 32 heavy (non-hydrogen) atoms. The van der Waals surface area contributed by atoms with E-state index in [0.717, 1.165) is 24.3 Å². The van der Waals surface area contributed by atoms with Gasteiger partial charge in [-0.2, -0.15) is 5.10 Å². The van der Waals surface area contributed by atoms with Crippen molar-refractivity contribution in [3.63, 3.8) is 0 Å². The molecule has 0 atom stereocenters. The molecule has 8 nitrogen and oxygen atoms in total. The van der Waals surface area contributed by atoms with Gasteiger partial charge in [-0.05, 0) is 43.2 Å². The molecule has 0 aliphatic carbocycles. The zero-order chi connectivity index (χ0) is 21.9. The third kappa shape index (κ3) is 4.07. The summed E-state index contributed by atoms with van der Waals surface area (Å²) in [4.78, 5) is 28.7. The van der Waals surface area contributed by atoms with Gasteiger partial charge >= 0.3 is 0 Å². The van der Waals surface area contributed by atoms with E-state index >= 15 is 0 Å². The predicted molar refractivity (Wildman–Crippen MR) is 123 cm³/mol. The molecule has 0 spiro atoms. The highest BCUT2D eigenvalue weighted by Crippen LogP contribution is 2.26. The number of aromatic nitrogens is 5. The van der Waals surface area contributed by atoms with Crippen LogP contribution >= 0.6 is 0 Å². The Hall–Kier alpha value is -4.07. The van der Waals surface area contributed by atoms with E-state index in [1.54, 1.807) is 36.4 Å². The normalized spacial score (nSPS) is 13.3. The Morgan fingerprint density at radius 3 is 2.69 bits per heavy atom. The number of hydrogen-bond donors (Lipinski definition) is 1. The third-order valence-corrected chi connectivity index (χ3v) is 5.46. The molecule has 4 aromatic heterocycles. The van der Waals surface area contributed by atoms with E-state index in [9.17, 15) is 4.79 Å². The smallest absolute Gasteiger partial charge is 0.274 e. The summed E-state index contributed by atoms with van der Waals surface area (Å²) in [5.74, 6) is -0.305. The third-order valence-electron chi connectivity index (χ3n) is 5.46. The van der Waals surface area contributed by atoms with E-state index in [1.807, 2.05) is 36.5 Å². The Kier molecular flexibility index (Phi) is 5.33. The van der Waals surface area contributed by atoms with Crippen LogP contribution in [0, 0.1) is 0 Å². The van der Waals surface area contributed by atoms with E-state index in [2.05, 4.69) is 36.3 Å². The van der Waals surface area contributed by atoms with Gasteiger partial charge in [0.1, 0.15) is 11.4 Å². The minimum absolute atomic E-state index is 0.305. The van der Waals surface area contributed by atoms with Crippen LogP contribution < -0.4 is 10.2 Å². The van der Waals surface area contributed by atoms with Crippen molar-refractivity contribution in [3.8, 4) is 22.6 Å². The average Bonchev–Trinajstić information content (AvgIpc) is 3.50. The first-order valence-electron chi connectivity index (χ1n) is 10.6. The van der Waals surface area contributed by atoms with Crippen LogP contribution in [-0.2, 0) is 7.05 Å². The zero-order valence-electron chi connectivity index (χ0n) is 17.8. The number of pyridine rings is 3. The number of nitrogens with one attached hydrogen (secondary N) is 1. The van der Waals surface area contributed by atoms with Crippen LogP contribution in [0.4, 0.5) is 11.4 Å². The lowest BCUT2D eigenvalue weighted by molar-refractivity contribution is 0.102. The van der Waals surface area contributed by atoms with Gasteiger partial charge in [-0.25, -0.2) is 4.98 Å². The number of rotatable bonds is 5. The molecule has 8 heteroatoms. The number of aryl methyl sites for hydroxylation is 1. The highest BCUT2D eigenvalue weighted by atomic mass is 16.1. The maximum Gasteiger partial charge on any atom is 0.274 e. The van der Waals surface area contributed by atoms with Crippen LogP contribution in [0.25, 0.3) is 22.6 Å². The number of carbonyl (C=O) groups excluding carboxylic acids is 1. The molecular formula is C24H23N7O. The first kappa shape index (κ1) is 19.9. The van der Waals surface area contributed by atoms with Gasteiger partial charge in [0.25, 0.3) is 5.91 Å². The summed E-state index contributed by atoms with van der Waals surface area (Å²) in [6.07, 6.45) is 9.52. The van der Waals surface area contributed by atoms with Crippen LogP contribution in [0.3, 0.4) is 0 Å². The van der Waals surface area contributed by atoms with Crippen molar-refractivity contribution in [3.05, 3.63) is 72.9 Å². The van der Waals surface area contributed by atoms with Crippen LogP contribution in [0.1, 0.15) is 23.3 Å². The highest BCUT2D eigenvalue weighted by molar-refractivity contribution is 6.04. The molecule has 1 aliphatic rings. The monoisotopic (exact) mass is 425 g/mol. The molecular weight excluding hydrogens is 402 g/mol. The summed E-state index contributed by atoms with van der Waals surface area (Å²) in [7, 11) is 1.81. The molecule has 1 N–H and O–H groups in total. The highest BCUT2D eigenvalue weighted by Gasteiger charge is 2.17. The molecule has 5 heterocycles. The number of hydrogen-bond acceptors (Lipinski definition) is 6. The summed E-state index contributed by atoms with van der Waals surface area (Å²) >= 11 is 0. The van der Waals surface area contributed by atoms with Gasteiger partial charge in [0.2, 0.25) is 0 Å². The van der Waals surface area contributed by atoms with E-state index in [-0.39, 0.29) is 5.91 Å². The predicted octanol–water partition coefficient (Wildman–Crippen LogP) is 3.79. The molecule has 0 aromatic carbocycles. The summed E-state index contributed by atoms with van der Waals surface area (Å²) < 4.78 is 1.65. The molecule has 1 aliphatic heterocycles. The van der Waals surface area contributed by atoms with Crippen molar-refractivity contribution >= 4 is 17.3 Å². The Labute approximate surface area is 186 Å². The molecule has 0 saturated carbocycles. The molecule has 4 aromatic rings. The minimum Gasteiger partial charge on any atom is -0.370 e. The SMILES string of the molecule is Cn1cc(NC(=O)c2cccc(-c3cncc(N4CCCC4)c3)n2)c(-c2ccccn2)n1. The van der Waals surface area contributed by atoms with Crippen molar-refractivity contribution in [1.82, 2.24) is 24.7 Å².